The number of ether oxygens (including phenoxy) is 6. The van der Waals surface area contributed by atoms with E-state index in [4.69, 9.17) is 39.4 Å². The maximum Gasteiger partial charge on any atom is 0.508 e. The Morgan fingerprint density at radius 1 is 0.431 bits per heavy atom. The third-order valence-corrected chi connectivity index (χ3v) is 10.2. The average Bonchev–Trinajstić information content (AvgIpc) is 3.75. The van der Waals surface area contributed by atoms with Crippen molar-refractivity contribution in [1.29, 1.82) is 0 Å². The molecule has 366 valence electrons. The summed E-state index contributed by atoms with van der Waals surface area (Å²) in [5.41, 5.74) is 4.15. The largest absolute Gasteiger partial charge is 0.508 e. The number of cyclic esters (lactones) is 2. The zero-order chi connectivity index (χ0) is 45.4. The van der Waals surface area contributed by atoms with Crippen LogP contribution in [0.5, 0.6) is 46.0 Å². The molecule has 8 N–H and O–H groups in total. The number of hydrogen-bond donors (Lipinski definition) is 8. The number of benzene rings is 4. The van der Waals surface area contributed by atoms with Crippen LogP contribution >= 0.6 is 0 Å². The van der Waals surface area contributed by atoms with E-state index in [0.29, 0.717) is 59.9 Å². The standard InChI is InChI=1S/C26H38O8.C18H22O4.C3H4O3.3CH4/c1-19(15-21-3-5-23(31-11-7-27)25(17-21)33-13-9-29)20(2)16-22-4-6-24(32-12-8-28)26(18-22)34-14-10-30;1-11(7-13-3-5-15(19)17(21)9-13)12(2)8-14-4-6-16(20)18(22)10-14;4-3-5-1-2-6-3;;;/h3-6,17-20,27-30H,7-16H2,1-2H3;3-6,9-12,19-22H,7-8H2,1-2H3;1-2H2;3*1H4/t19-,20+;11-,12+;;;;. The zero-order valence-corrected chi connectivity index (χ0v) is 36.1. The van der Waals surface area contributed by atoms with Crippen molar-refractivity contribution >= 4 is 6.16 Å². The normalized spacial score (nSPS) is 13.1. The van der Waals surface area contributed by atoms with Gasteiger partial charge >= 0.3 is 6.16 Å². The molecule has 0 bridgehead atoms. The summed E-state index contributed by atoms with van der Waals surface area (Å²) in [5, 5.41) is 74.0. The smallest absolute Gasteiger partial charge is 0.504 e. The maximum absolute atomic E-state index is 9.80. The van der Waals surface area contributed by atoms with Gasteiger partial charge in [0.1, 0.15) is 39.6 Å². The minimum atomic E-state index is -0.546. The summed E-state index contributed by atoms with van der Waals surface area (Å²) >= 11 is 0. The minimum Gasteiger partial charge on any atom is -0.504 e. The second kappa shape index (κ2) is 32.1. The van der Waals surface area contributed by atoms with Gasteiger partial charge in [-0.25, -0.2) is 4.79 Å². The van der Waals surface area contributed by atoms with Gasteiger partial charge < -0.3 is 69.3 Å². The van der Waals surface area contributed by atoms with E-state index in [-0.39, 0.29) is 98.1 Å². The second-order valence-corrected chi connectivity index (χ2v) is 15.2. The van der Waals surface area contributed by atoms with Gasteiger partial charge in [0.2, 0.25) is 0 Å². The van der Waals surface area contributed by atoms with Gasteiger partial charge in [0.25, 0.3) is 0 Å². The summed E-state index contributed by atoms with van der Waals surface area (Å²) in [4.78, 5) is 9.80. The molecule has 1 aliphatic heterocycles. The zero-order valence-electron chi connectivity index (χ0n) is 36.1. The molecule has 0 radical (unpaired) electrons. The fourth-order valence-corrected chi connectivity index (χ4v) is 6.42. The summed E-state index contributed by atoms with van der Waals surface area (Å²) < 4.78 is 30.9. The van der Waals surface area contributed by atoms with Crippen molar-refractivity contribution in [2.75, 3.05) is 66.1 Å². The molecule has 1 fully saturated rings. The molecule has 1 saturated heterocycles. The van der Waals surface area contributed by atoms with Gasteiger partial charge in [-0.15, -0.1) is 0 Å². The molecule has 15 heteroatoms. The van der Waals surface area contributed by atoms with Crippen molar-refractivity contribution in [3.63, 3.8) is 0 Å². The average molecular weight is 917 g/mol. The summed E-state index contributed by atoms with van der Waals surface area (Å²) in [6, 6.07) is 21.3. The molecule has 4 aromatic rings. The van der Waals surface area contributed by atoms with E-state index in [1.54, 1.807) is 12.1 Å². The molecule has 0 aliphatic carbocycles. The molecule has 1 aliphatic rings. The quantitative estimate of drug-likeness (QED) is 0.0277. The molecule has 1 heterocycles. The van der Waals surface area contributed by atoms with Gasteiger partial charge in [-0.3, -0.25) is 0 Å². The first-order valence-electron chi connectivity index (χ1n) is 20.8. The lowest BCUT2D eigenvalue weighted by Gasteiger charge is -2.22. The molecule has 5 rings (SSSR count). The van der Waals surface area contributed by atoms with E-state index in [9.17, 15) is 25.2 Å². The predicted octanol–water partition coefficient (Wildman–Crippen LogP) is 7.86. The highest BCUT2D eigenvalue weighted by Gasteiger charge is 2.18. The number of aromatic hydroxyl groups is 4. The van der Waals surface area contributed by atoms with Crippen molar-refractivity contribution < 1.29 is 74.1 Å². The molecular formula is C50H76O15. The lowest BCUT2D eigenvalue weighted by Crippen LogP contribution is -2.14. The SMILES string of the molecule is C.C.C.C[C@H](Cc1ccc(O)c(O)c1)[C@@H](C)Cc1ccc(O)c(O)c1.C[C@H](Cc1ccc(OCCO)c(OCCO)c1)[C@@H](C)Cc1ccc(OCCO)c(OCCO)c1.O=C1OCCO1. The summed E-state index contributed by atoms with van der Waals surface area (Å²) in [6.07, 6.45) is 2.71. The van der Waals surface area contributed by atoms with E-state index in [2.05, 4.69) is 37.2 Å². The number of hydrogen-bond acceptors (Lipinski definition) is 15. The van der Waals surface area contributed by atoms with E-state index in [1.165, 1.54) is 12.1 Å². The molecular weight excluding hydrogens is 841 g/mol. The number of rotatable bonds is 22. The van der Waals surface area contributed by atoms with Crippen molar-refractivity contribution in [3.8, 4) is 46.0 Å². The third-order valence-electron chi connectivity index (χ3n) is 10.2. The highest BCUT2D eigenvalue weighted by atomic mass is 16.8. The molecule has 0 saturated carbocycles. The number of phenolic OH excluding ortho intramolecular Hbond substituents is 4. The molecule has 15 nitrogen and oxygen atoms in total. The monoisotopic (exact) mass is 917 g/mol. The second-order valence-electron chi connectivity index (χ2n) is 15.2. The first-order chi connectivity index (χ1) is 29.8. The fraction of sp³-hybridized carbons (Fsp3) is 0.500. The highest BCUT2D eigenvalue weighted by molar-refractivity contribution is 5.61. The van der Waals surface area contributed by atoms with Crippen LogP contribution in [0.25, 0.3) is 0 Å². The summed E-state index contributed by atoms with van der Waals surface area (Å²) in [6.45, 7) is 9.85. The number of carbonyl (C=O) groups is 1. The van der Waals surface area contributed by atoms with Gasteiger partial charge in [0.05, 0.1) is 26.4 Å². The van der Waals surface area contributed by atoms with E-state index in [1.807, 2.05) is 48.5 Å². The number of aliphatic hydroxyl groups is 4. The molecule has 0 spiro atoms. The molecule has 4 aromatic carbocycles. The molecule has 4 atom stereocenters. The van der Waals surface area contributed by atoms with Crippen LogP contribution in [0.4, 0.5) is 4.79 Å². The lowest BCUT2D eigenvalue weighted by molar-refractivity contribution is 0.131. The van der Waals surface area contributed by atoms with Crippen LogP contribution in [0.2, 0.25) is 0 Å². The van der Waals surface area contributed by atoms with Crippen LogP contribution in [0, 0.1) is 23.7 Å². The van der Waals surface area contributed by atoms with Gasteiger partial charge in [0.15, 0.2) is 46.0 Å². The van der Waals surface area contributed by atoms with Crippen molar-refractivity contribution in [2.24, 2.45) is 23.7 Å². The Labute approximate surface area is 385 Å². The number of carbonyl (C=O) groups excluding carboxylic acids is 1. The van der Waals surface area contributed by atoms with Gasteiger partial charge in [-0.05, 0) is 120 Å². The van der Waals surface area contributed by atoms with Gasteiger partial charge in [-0.2, -0.15) is 0 Å². The maximum atomic E-state index is 9.80. The van der Waals surface area contributed by atoms with Crippen LogP contribution in [0.15, 0.2) is 72.8 Å². The Kier molecular flexibility index (Phi) is 29.3. The van der Waals surface area contributed by atoms with Crippen molar-refractivity contribution in [1.82, 2.24) is 0 Å². The highest BCUT2D eigenvalue weighted by Crippen LogP contribution is 2.34. The van der Waals surface area contributed by atoms with Crippen LogP contribution in [-0.2, 0) is 35.2 Å². The van der Waals surface area contributed by atoms with Gasteiger partial charge in [-0.1, -0.05) is 74.2 Å². The number of phenols is 4. The Balaban J connectivity index is 0.00000113. The third kappa shape index (κ3) is 21.3. The van der Waals surface area contributed by atoms with Crippen LogP contribution in [0.1, 0.15) is 72.2 Å². The van der Waals surface area contributed by atoms with Crippen LogP contribution in [0.3, 0.4) is 0 Å². The van der Waals surface area contributed by atoms with E-state index in [0.717, 1.165) is 47.9 Å². The topological polar surface area (TPSA) is 234 Å². The number of aliphatic hydroxyl groups excluding tert-OH is 4. The Morgan fingerprint density at radius 3 is 0.969 bits per heavy atom. The predicted molar refractivity (Wildman–Crippen MR) is 252 cm³/mol. The van der Waals surface area contributed by atoms with E-state index < -0.39 is 6.16 Å². The molecule has 0 unspecified atom stereocenters. The molecule has 0 aromatic heterocycles. The van der Waals surface area contributed by atoms with Crippen molar-refractivity contribution in [3.05, 3.63) is 95.1 Å². The summed E-state index contributed by atoms with van der Waals surface area (Å²) in [5.74, 6) is 3.25. The van der Waals surface area contributed by atoms with Crippen molar-refractivity contribution in [2.45, 2.75) is 75.7 Å². The Hall–Kier alpha value is -5.61. The summed E-state index contributed by atoms with van der Waals surface area (Å²) in [7, 11) is 0. The first-order valence-corrected chi connectivity index (χ1v) is 20.8. The van der Waals surface area contributed by atoms with Gasteiger partial charge in [0, 0.05) is 0 Å². The lowest BCUT2D eigenvalue weighted by atomic mass is 9.85. The Bertz CT molecular complexity index is 1790. The minimum absolute atomic E-state index is 0. The van der Waals surface area contributed by atoms with E-state index >= 15 is 0 Å². The van der Waals surface area contributed by atoms with Crippen LogP contribution < -0.4 is 18.9 Å². The molecule has 65 heavy (non-hydrogen) atoms. The molecule has 0 amide bonds. The fourth-order valence-electron chi connectivity index (χ4n) is 6.42. The Morgan fingerprint density at radius 2 is 0.708 bits per heavy atom. The van der Waals surface area contributed by atoms with Crippen LogP contribution in [-0.4, -0.2) is 113 Å². The first kappa shape index (κ1) is 59.4.